The molecule has 0 fully saturated rings. The number of para-hydroxylation sites is 1. The molecule has 2 N–H and O–H groups in total. The minimum atomic E-state index is -0.433. The molecule has 2 aromatic carbocycles. The van der Waals surface area contributed by atoms with E-state index in [2.05, 4.69) is 26.6 Å². The molecule has 0 unspecified atom stereocenters. The number of amides is 2. The normalized spacial score (nSPS) is 11.9. The van der Waals surface area contributed by atoms with Crippen LogP contribution in [0.1, 0.15) is 12.5 Å². The van der Waals surface area contributed by atoms with Crippen molar-refractivity contribution in [2.75, 3.05) is 24.2 Å². The van der Waals surface area contributed by atoms with Crippen molar-refractivity contribution < 1.29 is 9.59 Å². The van der Waals surface area contributed by atoms with E-state index in [0.717, 1.165) is 21.4 Å². The van der Waals surface area contributed by atoms with Gasteiger partial charge in [-0.25, -0.2) is 0 Å². The third kappa shape index (κ3) is 5.69. The lowest BCUT2D eigenvalue weighted by Gasteiger charge is -2.23. The quantitative estimate of drug-likeness (QED) is 0.773. The van der Waals surface area contributed by atoms with Gasteiger partial charge >= 0.3 is 0 Å². The van der Waals surface area contributed by atoms with E-state index in [1.807, 2.05) is 55.5 Å². The summed E-state index contributed by atoms with van der Waals surface area (Å²) < 4.78 is 0.964. The molecule has 1 atom stereocenters. The van der Waals surface area contributed by atoms with Crippen LogP contribution in [0, 0.1) is 6.92 Å². The lowest BCUT2D eigenvalue weighted by molar-refractivity contribution is -0.122. The second-order valence-corrected chi connectivity index (χ2v) is 6.87. The number of nitrogens with one attached hydrogen (secondary N) is 2. The molecule has 0 saturated heterocycles. The van der Waals surface area contributed by atoms with Crippen molar-refractivity contribution in [3.8, 4) is 0 Å². The van der Waals surface area contributed by atoms with Crippen molar-refractivity contribution in [2.45, 2.75) is 19.9 Å². The number of hydrogen-bond acceptors (Lipinski definition) is 3. The number of benzene rings is 2. The summed E-state index contributed by atoms with van der Waals surface area (Å²) in [6.07, 6.45) is 0. The zero-order chi connectivity index (χ0) is 18.4. The Balaban J connectivity index is 1.90. The summed E-state index contributed by atoms with van der Waals surface area (Å²) in [6.45, 7) is 3.83. The Morgan fingerprint density at radius 3 is 2.44 bits per heavy atom. The average molecular weight is 404 g/mol. The van der Waals surface area contributed by atoms with Gasteiger partial charge < -0.3 is 10.6 Å². The van der Waals surface area contributed by atoms with Gasteiger partial charge in [0.25, 0.3) is 0 Å². The summed E-state index contributed by atoms with van der Waals surface area (Å²) in [6, 6.07) is 14.5. The van der Waals surface area contributed by atoms with Crippen LogP contribution < -0.4 is 10.6 Å². The van der Waals surface area contributed by atoms with E-state index in [1.165, 1.54) is 0 Å². The van der Waals surface area contributed by atoms with Gasteiger partial charge in [0, 0.05) is 15.8 Å². The molecule has 0 saturated carbocycles. The van der Waals surface area contributed by atoms with E-state index in [4.69, 9.17) is 0 Å². The predicted octanol–water partition coefficient (Wildman–Crippen LogP) is 3.66. The van der Waals surface area contributed by atoms with Crippen LogP contribution in [0.15, 0.2) is 53.0 Å². The van der Waals surface area contributed by atoms with Crippen LogP contribution in [0.4, 0.5) is 11.4 Å². The van der Waals surface area contributed by atoms with Gasteiger partial charge in [-0.2, -0.15) is 0 Å². The second kappa shape index (κ2) is 8.78. The van der Waals surface area contributed by atoms with Gasteiger partial charge in [0.15, 0.2) is 0 Å². The SMILES string of the molecule is Cc1cc(Br)ccc1NC(=O)CN(C)[C@H](C)C(=O)Nc1ccccc1. The van der Waals surface area contributed by atoms with E-state index in [-0.39, 0.29) is 18.4 Å². The standard InChI is InChI=1S/C19H22BrN3O2/c1-13-11-15(20)9-10-17(13)22-18(24)12-23(3)14(2)19(25)21-16-7-5-4-6-8-16/h4-11,14H,12H2,1-3H3,(H,21,25)(H,22,24)/t14-/m1/s1. The van der Waals surface area contributed by atoms with Gasteiger partial charge in [-0.3, -0.25) is 14.5 Å². The first kappa shape index (κ1) is 19.1. The van der Waals surface area contributed by atoms with E-state index >= 15 is 0 Å². The molecular formula is C19H22BrN3O2. The number of nitrogens with zero attached hydrogens (tertiary/aromatic N) is 1. The Hall–Kier alpha value is -2.18. The fourth-order valence-corrected chi connectivity index (χ4v) is 2.76. The number of halogens is 1. The molecule has 0 aliphatic carbocycles. The molecule has 5 nitrogen and oxygen atoms in total. The van der Waals surface area contributed by atoms with Crippen LogP contribution in [-0.2, 0) is 9.59 Å². The van der Waals surface area contributed by atoms with Crippen LogP contribution in [0.3, 0.4) is 0 Å². The molecule has 0 aliphatic heterocycles. The molecule has 2 rings (SSSR count). The van der Waals surface area contributed by atoms with Crippen molar-refractivity contribution in [2.24, 2.45) is 0 Å². The van der Waals surface area contributed by atoms with Gasteiger partial charge in [-0.05, 0) is 56.8 Å². The van der Waals surface area contributed by atoms with Crippen LogP contribution in [-0.4, -0.2) is 36.3 Å². The largest absolute Gasteiger partial charge is 0.325 e. The van der Waals surface area contributed by atoms with Crippen LogP contribution >= 0.6 is 15.9 Å². The summed E-state index contributed by atoms with van der Waals surface area (Å²) in [4.78, 5) is 26.3. The summed E-state index contributed by atoms with van der Waals surface area (Å²) in [5.41, 5.74) is 2.48. The lowest BCUT2D eigenvalue weighted by Crippen LogP contribution is -2.43. The van der Waals surface area contributed by atoms with E-state index in [1.54, 1.807) is 18.9 Å². The van der Waals surface area contributed by atoms with E-state index < -0.39 is 6.04 Å². The van der Waals surface area contributed by atoms with Crippen molar-refractivity contribution in [3.63, 3.8) is 0 Å². The first-order valence-electron chi connectivity index (χ1n) is 7.99. The topological polar surface area (TPSA) is 61.4 Å². The summed E-state index contributed by atoms with van der Waals surface area (Å²) in [5, 5.41) is 5.72. The molecule has 0 aliphatic rings. The molecule has 6 heteroatoms. The number of carbonyl (C=O) groups is 2. The number of aryl methyl sites for hydroxylation is 1. The van der Waals surface area contributed by atoms with Gasteiger partial charge in [-0.1, -0.05) is 34.1 Å². The fourth-order valence-electron chi connectivity index (χ4n) is 2.29. The van der Waals surface area contributed by atoms with Crippen molar-refractivity contribution in [1.82, 2.24) is 4.90 Å². The van der Waals surface area contributed by atoms with E-state index in [0.29, 0.717) is 0 Å². The molecule has 0 radical (unpaired) electrons. The van der Waals surface area contributed by atoms with Gasteiger partial charge in [0.2, 0.25) is 11.8 Å². The first-order chi connectivity index (χ1) is 11.9. The summed E-state index contributed by atoms with van der Waals surface area (Å²) in [5.74, 6) is -0.311. The molecule has 0 bridgehead atoms. The Morgan fingerprint density at radius 1 is 1.12 bits per heavy atom. The monoisotopic (exact) mass is 403 g/mol. The minimum Gasteiger partial charge on any atom is -0.325 e. The van der Waals surface area contributed by atoms with Crippen molar-refractivity contribution in [3.05, 3.63) is 58.6 Å². The number of hydrogen-bond donors (Lipinski definition) is 2. The Kier molecular flexibility index (Phi) is 6.73. The summed E-state index contributed by atoms with van der Waals surface area (Å²) >= 11 is 3.40. The Labute approximate surface area is 156 Å². The molecule has 132 valence electrons. The maximum Gasteiger partial charge on any atom is 0.241 e. The lowest BCUT2D eigenvalue weighted by atomic mass is 10.2. The maximum atomic E-state index is 12.3. The van der Waals surface area contributed by atoms with E-state index in [9.17, 15) is 9.59 Å². The predicted molar refractivity (Wildman–Crippen MR) is 105 cm³/mol. The van der Waals surface area contributed by atoms with Crippen LogP contribution in [0.25, 0.3) is 0 Å². The third-order valence-corrected chi connectivity index (χ3v) is 4.43. The third-order valence-electron chi connectivity index (χ3n) is 3.94. The number of carbonyl (C=O) groups excluding carboxylic acids is 2. The van der Waals surface area contributed by atoms with Crippen LogP contribution in [0.2, 0.25) is 0 Å². The highest BCUT2D eigenvalue weighted by Crippen LogP contribution is 2.20. The number of likely N-dealkylation sites (N-methyl/N-ethyl adjacent to an activating group) is 1. The Morgan fingerprint density at radius 2 is 1.80 bits per heavy atom. The van der Waals surface area contributed by atoms with Crippen molar-refractivity contribution >= 4 is 39.1 Å². The zero-order valence-corrected chi connectivity index (χ0v) is 16.1. The first-order valence-corrected chi connectivity index (χ1v) is 8.78. The molecule has 2 aromatic rings. The average Bonchev–Trinajstić information content (AvgIpc) is 2.57. The number of anilines is 2. The second-order valence-electron chi connectivity index (χ2n) is 5.95. The van der Waals surface area contributed by atoms with Crippen molar-refractivity contribution in [1.29, 1.82) is 0 Å². The van der Waals surface area contributed by atoms with Gasteiger partial charge in [0.05, 0.1) is 12.6 Å². The molecule has 2 amide bonds. The Bertz CT molecular complexity index is 750. The zero-order valence-electron chi connectivity index (χ0n) is 14.5. The highest BCUT2D eigenvalue weighted by atomic mass is 79.9. The van der Waals surface area contributed by atoms with Gasteiger partial charge in [-0.15, -0.1) is 0 Å². The highest BCUT2D eigenvalue weighted by molar-refractivity contribution is 9.10. The maximum absolute atomic E-state index is 12.3. The molecule has 25 heavy (non-hydrogen) atoms. The molecule has 0 spiro atoms. The van der Waals surface area contributed by atoms with Gasteiger partial charge in [0.1, 0.15) is 0 Å². The smallest absolute Gasteiger partial charge is 0.241 e. The molecule has 0 aromatic heterocycles. The fraction of sp³-hybridized carbons (Fsp3) is 0.263. The minimum absolute atomic E-state index is 0.124. The van der Waals surface area contributed by atoms with Crippen LogP contribution in [0.5, 0.6) is 0 Å². The molecule has 0 heterocycles. The highest BCUT2D eigenvalue weighted by Gasteiger charge is 2.20. The number of rotatable bonds is 6. The molecular weight excluding hydrogens is 382 g/mol. The summed E-state index contributed by atoms with van der Waals surface area (Å²) in [7, 11) is 1.75.